The van der Waals surface area contributed by atoms with Crippen LogP contribution in [0, 0.1) is 6.92 Å². The van der Waals surface area contributed by atoms with Crippen molar-refractivity contribution in [3.05, 3.63) is 17.5 Å². The molecule has 1 aromatic rings. The van der Waals surface area contributed by atoms with E-state index in [1.54, 1.807) is 14.2 Å². The van der Waals surface area contributed by atoms with Gasteiger partial charge in [-0.3, -0.25) is 0 Å². The number of hydrogen-bond acceptors (Lipinski definition) is 6. The predicted octanol–water partition coefficient (Wildman–Crippen LogP) is 1.11. The number of anilines is 1. The zero-order valence-electron chi connectivity index (χ0n) is 12.5. The number of nitrogens with zero attached hydrogens (tertiary/aromatic N) is 2. The van der Waals surface area contributed by atoms with Crippen LogP contribution in [0.1, 0.15) is 24.1 Å². The molecule has 20 heavy (non-hydrogen) atoms. The lowest BCUT2D eigenvalue weighted by Crippen LogP contribution is -2.27. The van der Waals surface area contributed by atoms with E-state index >= 15 is 0 Å². The molecule has 0 aromatic carbocycles. The molecule has 2 N–H and O–H groups in total. The largest absolute Gasteiger partial charge is 0.382 e. The van der Waals surface area contributed by atoms with Crippen molar-refractivity contribution in [3.8, 4) is 0 Å². The number of nitrogens with one attached hydrogen (secondary N) is 2. The van der Waals surface area contributed by atoms with Crippen LogP contribution >= 0.6 is 0 Å². The van der Waals surface area contributed by atoms with Gasteiger partial charge in [-0.05, 0) is 19.8 Å². The smallest absolute Gasteiger partial charge is 0.222 e. The van der Waals surface area contributed by atoms with Crippen LogP contribution in [0.2, 0.25) is 0 Å². The van der Waals surface area contributed by atoms with Gasteiger partial charge in [0.05, 0.1) is 12.7 Å². The number of rotatable bonds is 9. The molecule has 2 rings (SSSR count). The highest BCUT2D eigenvalue weighted by molar-refractivity contribution is 5.29. The third-order valence-corrected chi connectivity index (χ3v) is 3.41. The molecule has 0 saturated heterocycles. The number of hydrogen-bond donors (Lipinski definition) is 2. The van der Waals surface area contributed by atoms with Gasteiger partial charge in [0.1, 0.15) is 0 Å². The molecule has 1 heterocycles. The van der Waals surface area contributed by atoms with E-state index in [1.807, 2.05) is 13.1 Å². The van der Waals surface area contributed by atoms with E-state index < -0.39 is 0 Å². The Morgan fingerprint density at radius 3 is 2.80 bits per heavy atom. The van der Waals surface area contributed by atoms with Crippen molar-refractivity contribution in [2.45, 2.75) is 38.5 Å². The fraction of sp³-hybridized carbons (Fsp3) is 0.714. The van der Waals surface area contributed by atoms with Crippen LogP contribution in [0.15, 0.2) is 6.20 Å². The maximum absolute atomic E-state index is 5.29. The summed E-state index contributed by atoms with van der Waals surface area (Å²) in [5.41, 5.74) is 2.17. The lowest BCUT2D eigenvalue weighted by Gasteiger charge is -2.15. The number of aryl methyl sites for hydroxylation is 1. The van der Waals surface area contributed by atoms with Crippen LogP contribution in [-0.4, -0.2) is 49.5 Å². The fourth-order valence-electron chi connectivity index (χ4n) is 1.89. The van der Waals surface area contributed by atoms with E-state index in [9.17, 15) is 0 Å². The standard InChI is InChI=1S/C14H24N4O2/c1-10-11(6-15-12-4-5-12)7-16-14(18-10)17-8-13(20-3)9-19-2/h7,12-13,15H,4-6,8-9H2,1-3H3,(H,16,17,18). The second-order valence-corrected chi connectivity index (χ2v) is 5.15. The Balaban J connectivity index is 1.83. The van der Waals surface area contributed by atoms with E-state index in [0.717, 1.165) is 17.8 Å². The van der Waals surface area contributed by atoms with Gasteiger partial charge in [0.15, 0.2) is 0 Å². The van der Waals surface area contributed by atoms with Crippen LogP contribution in [0.3, 0.4) is 0 Å². The average Bonchev–Trinajstić information content (AvgIpc) is 3.26. The third kappa shape index (κ3) is 4.70. The minimum atomic E-state index is 0.000107. The first-order valence-electron chi connectivity index (χ1n) is 7.04. The molecule has 1 atom stereocenters. The first-order valence-corrected chi connectivity index (χ1v) is 7.04. The van der Waals surface area contributed by atoms with Gasteiger partial charge in [-0.25, -0.2) is 9.97 Å². The quantitative estimate of drug-likeness (QED) is 0.706. The van der Waals surface area contributed by atoms with Gasteiger partial charge in [-0.1, -0.05) is 0 Å². The van der Waals surface area contributed by atoms with Crippen molar-refractivity contribution in [1.82, 2.24) is 15.3 Å². The minimum Gasteiger partial charge on any atom is -0.382 e. The van der Waals surface area contributed by atoms with Crippen molar-refractivity contribution < 1.29 is 9.47 Å². The number of aromatic nitrogens is 2. The lowest BCUT2D eigenvalue weighted by atomic mass is 10.2. The van der Waals surface area contributed by atoms with E-state index in [1.165, 1.54) is 12.8 Å². The monoisotopic (exact) mass is 280 g/mol. The molecule has 0 radical (unpaired) electrons. The Labute approximate surface area is 120 Å². The zero-order valence-corrected chi connectivity index (χ0v) is 12.5. The van der Waals surface area contributed by atoms with E-state index in [-0.39, 0.29) is 6.10 Å². The normalized spacial score (nSPS) is 16.1. The van der Waals surface area contributed by atoms with Crippen molar-refractivity contribution >= 4 is 5.95 Å². The number of methoxy groups -OCH3 is 2. The second-order valence-electron chi connectivity index (χ2n) is 5.15. The molecule has 0 spiro atoms. The summed E-state index contributed by atoms with van der Waals surface area (Å²) in [6.45, 7) is 4.04. The Bertz CT molecular complexity index is 424. The molecule has 1 saturated carbocycles. The predicted molar refractivity (Wildman–Crippen MR) is 77.8 cm³/mol. The molecule has 1 aromatic heterocycles. The topological polar surface area (TPSA) is 68.3 Å². The van der Waals surface area contributed by atoms with Crippen molar-refractivity contribution in [1.29, 1.82) is 0 Å². The van der Waals surface area contributed by atoms with Crippen LogP contribution in [-0.2, 0) is 16.0 Å². The van der Waals surface area contributed by atoms with Gasteiger partial charge < -0.3 is 20.1 Å². The van der Waals surface area contributed by atoms with Gasteiger partial charge in [-0.15, -0.1) is 0 Å². The summed E-state index contributed by atoms with van der Waals surface area (Å²) in [5.74, 6) is 0.635. The molecule has 1 unspecified atom stereocenters. The molecule has 1 aliphatic rings. The van der Waals surface area contributed by atoms with Gasteiger partial charge in [0.25, 0.3) is 0 Å². The van der Waals surface area contributed by atoms with E-state index in [4.69, 9.17) is 9.47 Å². The summed E-state index contributed by atoms with van der Waals surface area (Å²) in [6.07, 6.45) is 4.47. The summed E-state index contributed by atoms with van der Waals surface area (Å²) >= 11 is 0. The molecular formula is C14H24N4O2. The van der Waals surface area contributed by atoms with Gasteiger partial charge in [0.2, 0.25) is 5.95 Å². The van der Waals surface area contributed by atoms with Crippen molar-refractivity contribution in [2.24, 2.45) is 0 Å². The van der Waals surface area contributed by atoms with Crippen LogP contribution in [0.5, 0.6) is 0 Å². The highest BCUT2D eigenvalue weighted by atomic mass is 16.5. The molecule has 0 bridgehead atoms. The minimum absolute atomic E-state index is 0.000107. The van der Waals surface area contributed by atoms with Crippen molar-refractivity contribution in [3.63, 3.8) is 0 Å². The van der Waals surface area contributed by atoms with Gasteiger partial charge in [-0.2, -0.15) is 0 Å². The molecule has 0 aliphatic heterocycles. The van der Waals surface area contributed by atoms with Crippen molar-refractivity contribution in [2.75, 3.05) is 32.7 Å². The van der Waals surface area contributed by atoms with Crippen LogP contribution in [0.25, 0.3) is 0 Å². The number of ether oxygens (including phenoxy) is 2. The third-order valence-electron chi connectivity index (χ3n) is 3.41. The SMILES string of the molecule is COCC(CNc1ncc(CNC2CC2)c(C)n1)OC. The van der Waals surface area contributed by atoms with Gasteiger partial charge >= 0.3 is 0 Å². The molecule has 112 valence electrons. The summed E-state index contributed by atoms with van der Waals surface area (Å²) in [6, 6.07) is 0.698. The first-order chi connectivity index (χ1) is 9.72. The molecule has 6 heteroatoms. The van der Waals surface area contributed by atoms with E-state index in [2.05, 4.69) is 20.6 Å². The first kappa shape index (κ1) is 15.2. The Morgan fingerprint density at radius 2 is 2.20 bits per heavy atom. The fourth-order valence-corrected chi connectivity index (χ4v) is 1.89. The molecule has 0 amide bonds. The Kier molecular flexibility index (Phi) is 5.70. The highest BCUT2D eigenvalue weighted by Crippen LogP contribution is 2.19. The summed E-state index contributed by atoms with van der Waals surface area (Å²) in [7, 11) is 3.33. The molecular weight excluding hydrogens is 256 g/mol. The lowest BCUT2D eigenvalue weighted by molar-refractivity contribution is 0.0365. The maximum Gasteiger partial charge on any atom is 0.222 e. The zero-order chi connectivity index (χ0) is 14.4. The van der Waals surface area contributed by atoms with Crippen LogP contribution < -0.4 is 10.6 Å². The summed E-state index contributed by atoms with van der Waals surface area (Å²) < 4.78 is 10.4. The Morgan fingerprint density at radius 1 is 1.40 bits per heavy atom. The summed E-state index contributed by atoms with van der Waals surface area (Å²) in [4.78, 5) is 8.82. The van der Waals surface area contributed by atoms with E-state index in [0.29, 0.717) is 25.1 Å². The summed E-state index contributed by atoms with van der Waals surface area (Å²) in [5, 5.41) is 6.65. The second kappa shape index (κ2) is 7.52. The highest BCUT2D eigenvalue weighted by Gasteiger charge is 2.20. The Hall–Kier alpha value is -1.24. The van der Waals surface area contributed by atoms with Gasteiger partial charge in [0, 0.05) is 50.8 Å². The maximum atomic E-state index is 5.29. The molecule has 1 fully saturated rings. The molecule has 1 aliphatic carbocycles. The van der Waals surface area contributed by atoms with Crippen LogP contribution in [0.4, 0.5) is 5.95 Å². The molecule has 6 nitrogen and oxygen atoms in total. The average molecular weight is 280 g/mol.